The van der Waals surface area contributed by atoms with E-state index in [0.717, 1.165) is 12.8 Å². The van der Waals surface area contributed by atoms with Crippen LogP contribution in [-0.2, 0) is 71.2 Å². The summed E-state index contributed by atoms with van der Waals surface area (Å²) in [6.45, 7) is 11.6. The highest BCUT2D eigenvalue weighted by atomic mass is 16.6. The Hall–Kier alpha value is -1.99. The zero-order valence-electron chi connectivity index (χ0n) is 37.4. The molecule has 0 aromatic rings. The summed E-state index contributed by atoms with van der Waals surface area (Å²) in [6, 6.07) is 0. The second kappa shape index (κ2) is 51.4. The van der Waals surface area contributed by atoms with Gasteiger partial charge in [-0.25, -0.2) is 0 Å². The molecule has 0 bridgehead atoms. The summed E-state index contributed by atoms with van der Waals surface area (Å²) in [5, 5.41) is 8.57. The smallest absolute Gasteiger partial charge is 0.305 e. The predicted octanol–water partition coefficient (Wildman–Crippen LogP) is 6.37. The number of unbranched alkanes of at least 4 members (excludes halogenated alkanes) is 13. The van der Waals surface area contributed by atoms with Gasteiger partial charge < -0.3 is 61.9 Å². The average Bonchev–Trinajstić information content (AvgIpc) is 3.24. The van der Waals surface area contributed by atoms with E-state index in [-0.39, 0.29) is 44.6 Å². The van der Waals surface area contributed by atoms with Gasteiger partial charge in [0, 0.05) is 19.3 Å². The van der Waals surface area contributed by atoms with Crippen molar-refractivity contribution in [3.8, 4) is 0 Å². The van der Waals surface area contributed by atoms with Crippen LogP contribution in [0.1, 0.15) is 122 Å². The molecule has 0 spiro atoms. The number of esters is 2. The van der Waals surface area contributed by atoms with Gasteiger partial charge in [0.1, 0.15) is 13.2 Å². The molecule has 0 unspecified atom stereocenters. The Labute approximate surface area is 361 Å². The standard InChI is InChI=1S/C44H84O16/c1-2-3-4-5-6-7-8-9-10-11-12-13-14-18-43(47)59-40-38-57-36-34-55-32-30-53-28-26-51-24-22-49-20-21-50-23-25-52-27-29-54-31-33-56-35-37-58-39-41-60-44(48)19-16-15-17-42(45)46/h2-41H2,1H3,(H,45,46). The van der Waals surface area contributed by atoms with Crippen LogP contribution in [-0.4, -0.2) is 168 Å². The molecule has 16 heteroatoms. The summed E-state index contributed by atoms with van der Waals surface area (Å²) in [5.74, 6) is -1.35. The van der Waals surface area contributed by atoms with Gasteiger partial charge in [0.05, 0.1) is 132 Å². The maximum Gasteiger partial charge on any atom is 0.305 e. The van der Waals surface area contributed by atoms with E-state index >= 15 is 0 Å². The third-order valence-electron chi connectivity index (χ3n) is 8.84. The quantitative estimate of drug-likeness (QED) is 0.0526. The lowest BCUT2D eigenvalue weighted by molar-refractivity contribution is -0.146. The number of hydrogen-bond donors (Lipinski definition) is 1. The minimum absolute atomic E-state index is 0.0574. The van der Waals surface area contributed by atoms with Crippen molar-refractivity contribution in [1.82, 2.24) is 0 Å². The van der Waals surface area contributed by atoms with Crippen LogP contribution in [0.15, 0.2) is 0 Å². The summed E-state index contributed by atoms with van der Waals surface area (Å²) in [6.07, 6.45) is 18.5. The number of carbonyl (C=O) groups excluding carboxylic acids is 2. The number of hydrogen-bond acceptors (Lipinski definition) is 15. The Morgan fingerprint density at radius 3 is 0.733 bits per heavy atom. The van der Waals surface area contributed by atoms with Gasteiger partial charge in [0.2, 0.25) is 0 Å². The average molecular weight is 869 g/mol. The number of carboxylic acid groups (broad SMARTS) is 1. The van der Waals surface area contributed by atoms with Gasteiger partial charge in [-0.15, -0.1) is 0 Å². The van der Waals surface area contributed by atoms with Crippen LogP contribution in [0.2, 0.25) is 0 Å². The van der Waals surface area contributed by atoms with Gasteiger partial charge in [-0.2, -0.15) is 0 Å². The van der Waals surface area contributed by atoms with Crippen LogP contribution < -0.4 is 0 Å². The number of ether oxygens (including phenoxy) is 12. The van der Waals surface area contributed by atoms with Crippen LogP contribution >= 0.6 is 0 Å². The molecule has 0 atom stereocenters. The third kappa shape index (κ3) is 52.1. The van der Waals surface area contributed by atoms with E-state index in [2.05, 4.69) is 6.92 Å². The molecular formula is C44H84O16. The normalized spacial score (nSPS) is 11.3. The Morgan fingerprint density at radius 1 is 0.283 bits per heavy atom. The first-order valence-electron chi connectivity index (χ1n) is 22.9. The van der Waals surface area contributed by atoms with Gasteiger partial charge in [-0.1, -0.05) is 84.0 Å². The molecule has 0 saturated heterocycles. The highest BCUT2D eigenvalue weighted by Gasteiger charge is 2.05. The molecule has 356 valence electrons. The lowest BCUT2D eigenvalue weighted by Gasteiger charge is -2.09. The summed E-state index contributed by atoms with van der Waals surface area (Å²) in [7, 11) is 0. The number of carbonyl (C=O) groups is 3. The summed E-state index contributed by atoms with van der Waals surface area (Å²) >= 11 is 0. The first kappa shape index (κ1) is 58.0. The molecule has 0 fully saturated rings. The summed E-state index contributed by atoms with van der Waals surface area (Å²) in [5.41, 5.74) is 0. The van der Waals surface area contributed by atoms with Crippen molar-refractivity contribution in [3.05, 3.63) is 0 Å². The number of aliphatic carboxylic acids is 1. The molecule has 0 aliphatic heterocycles. The molecule has 16 nitrogen and oxygen atoms in total. The van der Waals surface area contributed by atoms with Crippen molar-refractivity contribution < 1.29 is 76.3 Å². The van der Waals surface area contributed by atoms with E-state index in [1.54, 1.807) is 0 Å². The molecule has 1 N–H and O–H groups in total. The molecule has 60 heavy (non-hydrogen) atoms. The van der Waals surface area contributed by atoms with Crippen LogP contribution in [0.25, 0.3) is 0 Å². The zero-order valence-corrected chi connectivity index (χ0v) is 37.4. The van der Waals surface area contributed by atoms with E-state index in [1.165, 1.54) is 70.6 Å². The Balaban J connectivity index is 3.15. The molecule has 0 rings (SSSR count). The van der Waals surface area contributed by atoms with E-state index in [1.807, 2.05) is 0 Å². The summed E-state index contributed by atoms with van der Waals surface area (Å²) in [4.78, 5) is 33.8. The van der Waals surface area contributed by atoms with Crippen molar-refractivity contribution in [1.29, 1.82) is 0 Å². The first-order chi connectivity index (χ1) is 29.6. The highest BCUT2D eigenvalue weighted by molar-refractivity contribution is 5.70. The minimum Gasteiger partial charge on any atom is -0.481 e. The van der Waals surface area contributed by atoms with E-state index in [4.69, 9.17) is 61.9 Å². The molecule has 0 aromatic heterocycles. The maximum absolute atomic E-state index is 11.9. The fourth-order valence-corrected chi connectivity index (χ4v) is 5.49. The van der Waals surface area contributed by atoms with Crippen molar-refractivity contribution in [2.24, 2.45) is 0 Å². The van der Waals surface area contributed by atoms with Crippen molar-refractivity contribution in [2.75, 3.05) is 145 Å². The van der Waals surface area contributed by atoms with Gasteiger partial charge in [0.15, 0.2) is 0 Å². The molecule has 0 aliphatic rings. The van der Waals surface area contributed by atoms with Crippen LogP contribution in [0.4, 0.5) is 0 Å². The molecule has 0 aromatic carbocycles. The molecular weight excluding hydrogens is 784 g/mol. The van der Waals surface area contributed by atoms with Crippen molar-refractivity contribution in [3.63, 3.8) is 0 Å². The number of rotatable bonds is 52. The fraction of sp³-hybridized carbons (Fsp3) is 0.932. The second-order valence-electron chi connectivity index (χ2n) is 14.2. The largest absolute Gasteiger partial charge is 0.481 e. The third-order valence-corrected chi connectivity index (χ3v) is 8.84. The second-order valence-corrected chi connectivity index (χ2v) is 14.2. The summed E-state index contributed by atoms with van der Waals surface area (Å²) < 4.78 is 64.9. The lowest BCUT2D eigenvalue weighted by atomic mass is 10.0. The van der Waals surface area contributed by atoms with Gasteiger partial charge in [0.25, 0.3) is 0 Å². The molecule has 0 radical (unpaired) electrons. The maximum atomic E-state index is 11.9. The lowest BCUT2D eigenvalue weighted by Crippen LogP contribution is -2.16. The molecule has 0 saturated carbocycles. The van der Waals surface area contributed by atoms with E-state index in [0.29, 0.717) is 145 Å². The van der Waals surface area contributed by atoms with Crippen LogP contribution in [0.3, 0.4) is 0 Å². The van der Waals surface area contributed by atoms with Gasteiger partial charge in [-0.3, -0.25) is 14.4 Å². The minimum atomic E-state index is -0.865. The number of carboxylic acids is 1. The molecule has 0 amide bonds. The molecule has 0 aliphatic carbocycles. The van der Waals surface area contributed by atoms with E-state index < -0.39 is 5.97 Å². The Morgan fingerprint density at radius 2 is 0.483 bits per heavy atom. The predicted molar refractivity (Wildman–Crippen MR) is 227 cm³/mol. The zero-order chi connectivity index (χ0) is 43.5. The fourth-order valence-electron chi connectivity index (χ4n) is 5.49. The highest BCUT2D eigenvalue weighted by Crippen LogP contribution is 2.13. The topological polar surface area (TPSA) is 182 Å². The van der Waals surface area contributed by atoms with Crippen LogP contribution in [0.5, 0.6) is 0 Å². The molecule has 0 heterocycles. The Kier molecular flexibility index (Phi) is 49.7. The van der Waals surface area contributed by atoms with Gasteiger partial charge >= 0.3 is 17.9 Å². The van der Waals surface area contributed by atoms with E-state index in [9.17, 15) is 14.4 Å². The van der Waals surface area contributed by atoms with Crippen LogP contribution in [0, 0.1) is 0 Å². The monoisotopic (exact) mass is 869 g/mol. The SMILES string of the molecule is CCCCCCCCCCCCCCCC(=O)OCCOCCOCCOCCOCCOCCOCCOCCOCCOCCOCCOC(=O)CCCCC(=O)O. The Bertz CT molecular complexity index is 896. The van der Waals surface area contributed by atoms with Gasteiger partial charge in [-0.05, 0) is 19.3 Å². The van der Waals surface area contributed by atoms with Crippen molar-refractivity contribution >= 4 is 17.9 Å². The first-order valence-corrected chi connectivity index (χ1v) is 22.9. The van der Waals surface area contributed by atoms with Crippen molar-refractivity contribution in [2.45, 2.75) is 122 Å².